The average Bonchev–Trinajstić information content (AvgIpc) is 1.98. The van der Waals surface area contributed by atoms with Crippen LogP contribution in [0.25, 0.3) is 0 Å². The molecule has 9 heavy (non-hydrogen) atoms. The minimum absolute atomic E-state index is 0.176. The zero-order valence-electron chi connectivity index (χ0n) is 5.22. The van der Waals surface area contributed by atoms with Crippen LogP contribution in [-0.2, 0) is 4.79 Å². The fourth-order valence-corrected chi connectivity index (χ4v) is 0.815. The first-order valence-corrected chi connectivity index (χ1v) is 2.80. The third-order valence-electron chi connectivity index (χ3n) is 1.48. The Bertz CT molecular complexity index is 164. The predicted molar refractivity (Wildman–Crippen MR) is 32.8 cm³/mol. The van der Waals surface area contributed by atoms with Crippen LogP contribution < -0.4 is 5.32 Å². The summed E-state index contributed by atoms with van der Waals surface area (Å²) in [6.45, 7) is 5.14. The molecule has 1 rings (SSSR count). The minimum Gasteiger partial charge on any atom is -0.386 e. The van der Waals surface area contributed by atoms with Crippen molar-refractivity contribution in [2.24, 2.45) is 0 Å². The minimum atomic E-state index is -0.697. The fraction of sp³-hybridized carbons (Fsp3) is 0.500. The van der Waals surface area contributed by atoms with E-state index < -0.39 is 6.10 Å². The highest BCUT2D eigenvalue weighted by molar-refractivity contribution is 5.96. The number of carbonyl (C=O) groups excluding carboxylic acids is 1. The van der Waals surface area contributed by atoms with Crippen LogP contribution >= 0.6 is 0 Å². The van der Waals surface area contributed by atoms with Gasteiger partial charge in [-0.3, -0.25) is 4.79 Å². The monoisotopic (exact) mass is 127 g/mol. The summed E-state index contributed by atoms with van der Waals surface area (Å²) in [4.78, 5) is 10.6. The van der Waals surface area contributed by atoms with Crippen molar-refractivity contribution >= 4 is 5.91 Å². The topological polar surface area (TPSA) is 49.3 Å². The second kappa shape index (κ2) is 1.84. The largest absolute Gasteiger partial charge is 0.386 e. The van der Waals surface area contributed by atoms with Crippen LogP contribution in [0, 0.1) is 0 Å². The van der Waals surface area contributed by atoms with E-state index in [1.54, 1.807) is 6.92 Å². The lowest BCUT2D eigenvalue weighted by Crippen LogP contribution is -2.27. The van der Waals surface area contributed by atoms with Crippen molar-refractivity contribution in [3.05, 3.63) is 12.2 Å². The van der Waals surface area contributed by atoms with Crippen LogP contribution in [0.1, 0.15) is 6.92 Å². The third-order valence-corrected chi connectivity index (χ3v) is 1.48. The Hall–Kier alpha value is -0.830. The molecule has 2 N–H and O–H groups in total. The first-order valence-electron chi connectivity index (χ1n) is 2.80. The van der Waals surface area contributed by atoms with Crippen molar-refractivity contribution in [1.29, 1.82) is 0 Å². The molecule has 0 aromatic carbocycles. The molecule has 0 radical (unpaired) electrons. The Morgan fingerprint density at radius 2 is 2.33 bits per heavy atom. The zero-order valence-corrected chi connectivity index (χ0v) is 5.22. The highest BCUT2D eigenvalue weighted by Crippen LogP contribution is 2.11. The maximum Gasteiger partial charge on any atom is 0.249 e. The number of aliphatic hydroxyl groups is 1. The highest BCUT2D eigenvalue weighted by atomic mass is 16.3. The molecule has 0 bridgehead atoms. The molecule has 3 heteroatoms. The summed E-state index contributed by atoms with van der Waals surface area (Å²) < 4.78 is 0. The van der Waals surface area contributed by atoms with Gasteiger partial charge in [0.25, 0.3) is 0 Å². The molecule has 0 aromatic rings. The molecule has 0 aromatic heterocycles. The number of carbonyl (C=O) groups is 1. The molecule has 1 aliphatic heterocycles. The molecule has 1 amide bonds. The molecule has 1 saturated heterocycles. The van der Waals surface area contributed by atoms with Crippen LogP contribution in [0.3, 0.4) is 0 Å². The number of rotatable bonds is 0. The highest BCUT2D eigenvalue weighted by Gasteiger charge is 2.30. The van der Waals surface area contributed by atoms with Crippen LogP contribution in [0.2, 0.25) is 0 Å². The van der Waals surface area contributed by atoms with Gasteiger partial charge < -0.3 is 10.4 Å². The average molecular weight is 127 g/mol. The van der Waals surface area contributed by atoms with Crippen LogP contribution in [0.4, 0.5) is 0 Å². The molecule has 3 nitrogen and oxygen atoms in total. The lowest BCUT2D eigenvalue weighted by atomic mass is 10.1. The van der Waals surface area contributed by atoms with Crippen molar-refractivity contribution in [1.82, 2.24) is 5.32 Å². The van der Waals surface area contributed by atoms with Crippen molar-refractivity contribution in [2.75, 3.05) is 0 Å². The first kappa shape index (κ1) is 6.29. The van der Waals surface area contributed by atoms with E-state index in [4.69, 9.17) is 5.11 Å². The zero-order chi connectivity index (χ0) is 7.02. The van der Waals surface area contributed by atoms with Crippen molar-refractivity contribution in [3.63, 3.8) is 0 Å². The van der Waals surface area contributed by atoms with Crippen molar-refractivity contribution in [2.45, 2.75) is 19.1 Å². The van der Waals surface area contributed by atoms with E-state index in [9.17, 15) is 4.79 Å². The summed E-state index contributed by atoms with van der Waals surface area (Å²) in [7, 11) is 0. The number of nitrogens with one attached hydrogen (secondary N) is 1. The van der Waals surface area contributed by atoms with Gasteiger partial charge in [0.1, 0.15) is 6.10 Å². The standard InChI is InChI=1S/C6H9NO2/c1-3-5(8)4(2)7-6(3)9/h4-5,8H,1H2,2H3,(H,7,9)/t4-,5-/m0/s1. The van der Waals surface area contributed by atoms with Gasteiger partial charge in [0.15, 0.2) is 0 Å². The SMILES string of the molecule is C=C1C(=O)N[C@@H](C)[C@H]1O. The lowest BCUT2D eigenvalue weighted by Gasteiger charge is -2.04. The van der Waals surface area contributed by atoms with Crippen LogP contribution in [0.5, 0.6) is 0 Å². The van der Waals surface area contributed by atoms with E-state index in [2.05, 4.69) is 11.9 Å². The Labute approximate surface area is 53.4 Å². The summed E-state index contributed by atoms with van der Waals surface area (Å²) in [5.74, 6) is -0.241. The summed E-state index contributed by atoms with van der Waals surface area (Å²) >= 11 is 0. The maximum atomic E-state index is 10.6. The second-order valence-corrected chi connectivity index (χ2v) is 2.23. The summed E-state index contributed by atoms with van der Waals surface area (Å²) in [6, 6.07) is -0.176. The Balaban J connectivity index is 2.77. The van der Waals surface area contributed by atoms with Gasteiger partial charge in [-0.2, -0.15) is 0 Å². The van der Waals surface area contributed by atoms with E-state index >= 15 is 0 Å². The molecule has 1 fully saturated rings. The summed E-state index contributed by atoms with van der Waals surface area (Å²) in [5, 5.41) is 11.6. The predicted octanol–water partition coefficient (Wildman–Crippen LogP) is -0.578. The van der Waals surface area contributed by atoms with E-state index in [0.29, 0.717) is 0 Å². The molecule has 0 aliphatic carbocycles. The van der Waals surface area contributed by atoms with E-state index in [1.165, 1.54) is 0 Å². The molecule has 2 atom stereocenters. The molecule has 0 spiro atoms. The smallest absolute Gasteiger partial charge is 0.249 e. The second-order valence-electron chi connectivity index (χ2n) is 2.23. The van der Waals surface area contributed by atoms with Crippen molar-refractivity contribution < 1.29 is 9.90 Å². The molecule has 0 saturated carbocycles. The van der Waals surface area contributed by atoms with Gasteiger partial charge in [0, 0.05) is 5.57 Å². The van der Waals surface area contributed by atoms with Gasteiger partial charge in [0.05, 0.1) is 6.04 Å². The molecule has 0 unspecified atom stereocenters. The summed E-state index contributed by atoms with van der Waals surface area (Å²) in [5.41, 5.74) is 0.266. The number of hydrogen-bond donors (Lipinski definition) is 2. The molecule has 1 aliphatic rings. The lowest BCUT2D eigenvalue weighted by molar-refractivity contribution is -0.116. The molecular formula is C6H9NO2. The van der Waals surface area contributed by atoms with Gasteiger partial charge in [-0.05, 0) is 6.92 Å². The molecular weight excluding hydrogens is 118 g/mol. The van der Waals surface area contributed by atoms with E-state index in [-0.39, 0.29) is 17.5 Å². The van der Waals surface area contributed by atoms with Gasteiger partial charge in [-0.25, -0.2) is 0 Å². The number of hydrogen-bond acceptors (Lipinski definition) is 2. The Morgan fingerprint density at radius 3 is 2.44 bits per heavy atom. The maximum absolute atomic E-state index is 10.6. The van der Waals surface area contributed by atoms with Gasteiger partial charge >= 0.3 is 0 Å². The molecule has 1 heterocycles. The fourth-order valence-electron chi connectivity index (χ4n) is 0.815. The third kappa shape index (κ3) is 0.833. The van der Waals surface area contributed by atoms with Gasteiger partial charge in [-0.1, -0.05) is 6.58 Å². The first-order chi connectivity index (χ1) is 4.13. The Kier molecular flexibility index (Phi) is 1.29. The van der Waals surface area contributed by atoms with Gasteiger partial charge in [0.2, 0.25) is 5.91 Å². The van der Waals surface area contributed by atoms with Crippen LogP contribution in [-0.4, -0.2) is 23.2 Å². The molecule has 50 valence electrons. The van der Waals surface area contributed by atoms with Crippen LogP contribution in [0.15, 0.2) is 12.2 Å². The van der Waals surface area contributed by atoms with Crippen molar-refractivity contribution in [3.8, 4) is 0 Å². The number of aliphatic hydroxyl groups excluding tert-OH is 1. The van der Waals surface area contributed by atoms with Gasteiger partial charge in [-0.15, -0.1) is 0 Å². The normalized spacial score (nSPS) is 34.9. The summed E-state index contributed by atoms with van der Waals surface area (Å²) in [6.07, 6.45) is -0.697. The number of amides is 1. The van der Waals surface area contributed by atoms with E-state index in [1.807, 2.05) is 0 Å². The van der Waals surface area contributed by atoms with E-state index in [0.717, 1.165) is 0 Å². The Morgan fingerprint density at radius 1 is 1.78 bits per heavy atom. The quantitative estimate of drug-likeness (QED) is 0.428.